The predicted octanol–water partition coefficient (Wildman–Crippen LogP) is 5.38. The van der Waals surface area contributed by atoms with E-state index < -0.39 is 28.6 Å². The van der Waals surface area contributed by atoms with Gasteiger partial charge in [-0.1, -0.05) is 49.8 Å². The zero-order valence-corrected chi connectivity index (χ0v) is 21.0. The average molecular weight is 460 g/mol. The smallest absolute Gasteiger partial charge is 0.329 e. The molecule has 2 fully saturated rings. The third-order valence-electron chi connectivity index (χ3n) is 6.80. The van der Waals surface area contributed by atoms with E-state index in [0.717, 1.165) is 35.4 Å². The van der Waals surface area contributed by atoms with Crippen molar-refractivity contribution in [2.75, 3.05) is 12.4 Å². The molecule has 1 saturated heterocycles. The number of rotatable bonds is 7. The summed E-state index contributed by atoms with van der Waals surface area (Å²) in [7, 11) is 0. The van der Waals surface area contributed by atoms with E-state index in [0.29, 0.717) is 17.9 Å². The van der Waals surface area contributed by atoms with Gasteiger partial charge >= 0.3 is 5.97 Å². The van der Waals surface area contributed by atoms with E-state index in [-0.39, 0.29) is 0 Å². The average Bonchev–Trinajstić information content (AvgIpc) is 3.05. The third kappa shape index (κ3) is 5.56. The Hall–Kier alpha value is -1.82. The summed E-state index contributed by atoms with van der Waals surface area (Å²) in [5.74, 6) is -0.380. The molecule has 0 spiro atoms. The van der Waals surface area contributed by atoms with Crippen LogP contribution in [0.3, 0.4) is 0 Å². The van der Waals surface area contributed by atoms with Crippen molar-refractivity contribution in [2.45, 2.75) is 90.5 Å². The minimum absolute atomic E-state index is 0.378. The lowest BCUT2D eigenvalue weighted by atomic mass is 9.86. The van der Waals surface area contributed by atoms with Gasteiger partial charge in [0.05, 0.1) is 11.5 Å². The van der Waals surface area contributed by atoms with Crippen LogP contribution in [0.15, 0.2) is 12.1 Å². The number of carbonyl (C=O) groups is 3. The van der Waals surface area contributed by atoms with Gasteiger partial charge in [0.25, 0.3) is 11.7 Å². The highest BCUT2D eigenvalue weighted by molar-refractivity contribution is 8.00. The maximum Gasteiger partial charge on any atom is 0.329 e. The van der Waals surface area contributed by atoms with Gasteiger partial charge in [0, 0.05) is 11.3 Å². The summed E-state index contributed by atoms with van der Waals surface area (Å²) in [5.41, 5.74) is 3.06. The lowest BCUT2D eigenvalue weighted by molar-refractivity contribution is -0.154. The van der Waals surface area contributed by atoms with Crippen LogP contribution >= 0.6 is 11.8 Å². The van der Waals surface area contributed by atoms with Gasteiger partial charge in [-0.15, -0.1) is 11.8 Å². The Morgan fingerprint density at radius 3 is 2.31 bits per heavy atom. The van der Waals surface area contributed by atoms with E-state index in [4.69, 9.17) is 4.74 Å². The number of Topliss-reactive ketones (excluding diaryl/α,β-unsaturated/α-hetero) is 1. The van der Waals surface area contributed by atoms with E-state index in [1.807, 2.05) is 46.8 Å². The van der Waals surface area contributed by atoms with Crippen molar-refractivity contribution >= 4 is 29.4 Å². The van der Waals surface area contributed by atoms with Gasteiger partial charge in [-0.2, -0.15) is 0 Å². The molecule has 1 aromatic carbocycles. The summed E-state index contributed by atoms with van der Waals surface area (Å²) in [5, 5.41) is 0. The van der Waals surface area contributed by atoms with Crippen molar-refractivity contribution < 1.29 is 19.1 Å². The number of ether oxygens (including phenoxy) is 1. The zero-order valence-electron chi connectivity index (χ0n) is 20.2. The second-order valence-corrected chi connectivity index (χ2v) is 11.5. The highest BCUT2D eigenvalue weighted by Gasteiger charge is 2.49. The molecule has 0 N–H and O–H groups in total. The van der Waals surface area contributed by atoms with Gasteiger partial charge in [-0.25, -0.2) is 4.79 Å². The Kier molecular flexibility index (Phi) is 8.07. The van der Waals surface area contributed by atoms with Gasteiger partial charge in [0.2, 0.25) is 0 Å². The highest BCUT2D eigenvalue weighted by Crippen LogP contribution is 2.40. The van der Waals surface area contributed by atoms with Crippen LogP contribution in [0.25, 0.3) is 0 Å². The first-order valence-corrected chi connectivity index (χ1v) is 12.9. The first-order valence-electron chi connectivity index (χ1n) is 11.9. The fourth-order valence-electron chi connectivity index (χ4n) is 5.23. The highest BCUT2D eigenvalue weighted by atomic mass is 32.2. The summed E-state index contributed by atoms with van der Waals surface area (Å²) in [6, 6.07) is 3.09. The molecule has 0 bridgehead atoms. The van der Waals surface area contributed by atoms with Crippen LogP contribution in [0.5, 0.6) is 0 Å². The molecule has 32 heavy (non-hydrogen) atoms. The fraction of sp³-hybridized carbons (Fsp3) is 0.654. The van der Waals surface area contributed by atoms with Crippen molar-refractivity contribution in [1.29, 1.82) is 0 Å². The van der Waals surface area contributed by atoms with Gasteiger partial charge in [-0.05, 0) is 64.5 Å². The number of hydrogen-bond acceptors (Lipinski definition) is 5. The molecular formula is C26H37NO4S. The fourth-order valence-corrected chi connectivity index (χ4v) is 6.43. The molecule has 5 nitrogen and oxygen atoms in total. The summed E-state index contributed by atoms with van der Waals surface area (Å²) in [6.45, 7) is 9.81. The quantitative estimate of drug-likeness (QED) is 0.237. The Morgan fingerprint density at radius 1 is 1.06 bits per heavy atom. The normalized spacial score (nSPS) is 20.9. The SMILES string of the molecule is Cc1cc(C)c(C(=O)C(=O)N2[C@H](C(=O)OCCCC3CCCCC3)CSC2(C)C)c(C)c1. The number of thioether (sulfide) groups is 1. The molecule has 0 aromatic heterocycles. The number of esters is 1. The summed E-state index contributed by atoms with van der Waals surface area (Å²) >= 11 is 1.51. The molecule has 0 radical (unpaired) electrons. The summed E-state index contributed by atoms with van der Waals surface area (Å²) in [4.78, 5) is 40.3. The van der Waals surface area contributed by atoms with Crippen molar-refractivity contribution in [2.24, 2.45) is 5.92 Å². The minimum atomic E-state index is -0.729. The number of benzene rings is 1. The number of ketones is 1. The second-order valence-electron chi connectivity index (χ2n) is 9.87. The minimum Gasteiger partial charge on any atom is -0.464 e. The van der Waals surface area contributed by atoms with Crippen LogP contribution in [0, 0.1) is 26.7 Å². The molecule has 1 saturated carbocycles. The molecule has 1 aliphatic carbocycles. The predicted molar refractivity (Wildman–Crippen MR) is 129 cm³/mol. The molecule has 1 aliphatic heterocycles. The lowest BCUT2D eigenvalue weighted by Crippen LogP contribution is -2.52. The van der Waals surface area contributed by atoms with Crippen LogP contribution in [-0.2, 0) is 14.3 Å². The Morgan fingerprint density at radius 2 is 1.69 bits per heavy atom. The number of carbonyl (C=O) groups excluding carboxylic acids is 3. The van der Waals surface area contributed by atoms with Crippen LogP contribution in [-0.4, -0.2) is 45.8 Å². The van der Waals surface area contributed by atoms with Gasteiger partial charge in [0.15, 0.2) is 0 Å². The Labute approximate surface area is 196 Å². The van der Waals surface area contributed by atoms with E-state index in [1.54, 1.807) is 0 Å². The third-order valence-corrected chi connectivity index (χ3v) is 8.19. The van der Waals surface area contributed by atoms with Crippen molar-refractivity contribution in [3.05, 3.63) is 34.4 Å². The van der Waals surface area contributed by atoms with E-state index in [2.05, 4.69) is 0 Å². The Balaban J connectivity index is 1.66. The van der Waals surface area contributed by atoms with Crippen molar-refractivity contribution in [3.63, 3.8) is 0 Å². The molecule has 1 amide bonds. The summed E-state index contributed by atoms with van der Waals surface area (Å²) < 4.78 is 5.58. The molecule has 1 atom stereocenters. The van der Waals surface area contributed by atoms with E-state index in [9.17, 15) is 14.4 Å². The Bertz CT molecular complexity index is 850. The summed E-state index contributed by atoms with van der Waals surface area (Å²) in [6.07, 6.45) is 8.46. The molecule has 0 unspecified atom stereocenters. The van der Waals surface area contributed by atoms with E-state index >= 15 is 0 Å². The van der Waals surface area contributed by atoms with Crippen LogP contribution in [0.1, 0.15) is 85.8 Å². The molecule has 1 heterocycles. The van der Waals surface area contributed by atoms with Crippen molar-refractivity contribution in [1.82, 2.24) is 4.90 Å². The van der Waals surface area contributed by atoms with Crippen LogP contribution < -0.4 is 0 Å². The molecular weight excluding hydrogens is 422 g/mol. The maximum atomic E-state index is 13.4. The zero-order chi connectivity index (χ0) is 23.5. The van der Waals surface area contributed by atoms with Crippen LogP contribution in [0.4, 0.5) is 0 Å². The molecule has 6 heteroatoms. The molecule has 1 aromatic rings. The van der Waals surface area contributed by atoms with E-state index in [1.165, 1.54) is 48.8 Å². The van der Waals surface area contributed by atoms with Crippen LogP contribution in [0.2, 0.25) is 0 Å². The standard InChI is InChI=1S/C26H37NO4S/c1-17-14-18(2)22(19(3)15-17)23(28)24(29)27-21(16-32-26(27,4)5)25(30)31-13-9-12-20-10-7-6-8-11-20/h14-15,20-21H,6-13,16H2,1-5H3/t21-/m0/s1. The first kappa shape index (κ1) is 24.8. The maximum absolute atomic E-state index is 13.4. The number of amides is 1. The monoisotopic (exact) mass is 459 g/mol. The number of nitrogens with zero attached hydrogens (tertiary/aromatic N) is 1. The second kappa shape index (κ2) is 10.4. The lowest BCUT2D eigenvalue weighted by Gasteiger charge is -2.33. The van der Waals surface area contributed by atoms with Crippen molar-refractivity contribution in [3.8, 4) is 0 Å². The topological polar surface area (TPSA) is 63.7 Å². The van der Waals surface area contributed by atoms with Gasteiger partial charge in [0.1, 0.15) is 6.04 Å². The van der Waals surface area contributed by atoms with Gasteiger partial charge < -0.3 is 9.64 Å². The molecule has 2 aliphatic rings. The first-order chi connectivity index (χ1) is 15.1. The number of hydrogen-bond donors (Lipinski definition) is 0. The molecule has 3 rings (SSSR count). The van der Waals surface area contributed by atoms with Gasteiger partial charge in [-0.3, -0.25) is 9.59 Å². The molecule has 176 valence electrons. The largest absolute Gasteiger partial charge is 0.464 e. The number of aryl methyl sites for hydroxylation is 3.